The second-order valence-electron chi connectivity index (χ2n) is 3.73. The Kier molecular flexibility index (Phi) is 2.81. The Balaban J connectivity index is 2.12. The molecule has 0 aliphatic carbocycles. The van der Waals surface area contributed by atoms with E-state index in [1.165, 1.54) is 18.4 Å². The third-order valence-electron chi connectivity index (χ3n) is 2.83. The third kappa shape index (κ3) is 1.94. The summed E-state index contributed by atoms with van der Waals surface area (Å²) in [5.41, 5.74) is 2.13. The molecular weight excluding hydrogens is 172 g/mol. The molecule has 1 aliphatic rings. The maximum absolute atomic E-state index is 6.87. The van der Waals surface area contributed by atoms with Crippen LogP contribution in [0.15, 0.2) is 24.3 Å². The minimum absolute atomic E-state index is 0.691. The zero-order chi connectivity index (χ0) is 9.80. The summed E-state index contributed by atoms with van der Waals surface area (Å²) in [6, 6.07) is 8.04. The van der Waals surface area contributed by atoms with E-state index in [0.29, 0.717) is 5.92 Å². The molecule has 1 aliphatic heterocycles. The Labute approximate surface area is 84.8 Å². The Morgan fingerprint density at radius 1 is 1.14 bits per heavy atom. The van der Waals surface area contributed by atoms with Crippen molar-refractivity contribution in [2.24, 2.45) is 0 Å². The molecule has 2 rings (SSSR count). The van der Waals surface area contributed by atoms with Crippen LogP contribution >= 0.6 is 0 Å². The number of hydrogen-bond acceptors (Lipinski definition) is 1. The number of nitrogens with one attached hydrogen (secondary N) is 1. The van der Waals surface area contributed by atoms with Crippen molar-refractivity contribution < 1.29 is 0 Å². The van der Waals surface area contributed by atoms with Gasteiger partial charge in [-0.2, -0.15) is 0 Å². The lowest BCUT2D eigenvalue weighted by molar-refractivity contribution is 0.460. The normalized spacial score (nSPS) is 17.6. The smallest absolute Gasteiger partial charge is 0.187 e. The van der Waals surface area contributed by atoms with Gasteiger partial charge in [0.15, 0.2) is 5.69 Å². The largest absolute Gasteiger partial charge is 0.317 e. The van der Waals surface area contributed by atoms with E-state index in [1.807, 2.05) is 12.1 Å². The SMILES string of the molecule is [C-]#[N+]c1ccc(C2CCNCC2)cc1. The van der Waals surface area contributed by atoms with E-state index in [-0.39, 0.29) is 0 Å². The molecule has 0 saturated carbocycles. The lowest BCUT2D eigenvalue weighted by Crippen LogP contribution is -2.26. The maximum atomic E-state index is 6.87. The van der Waals surface area contributed by atoms with Crippen LogP contribution in [0.5, 0.6) is 0 Å². The van der Waals surface area contributed by atoms with Crippen molar-refractivity contribution in [2.75, 3.05) is 13.1 Å². The standard InChI is InChI=1S/C12H14N2/c1-13-12-4-2-10(3-5-12)11-6-8-14-9-7-11/h2-5,11,14H,6-9H2. The van der Waals surface area contributed by atoms with Crippen LogP contribution < -0.4 is 5.32 Å². The fraction of sp³-hybridized carbons (Fsp3) is 0.417. The summed E-state index contributed by atoms with van der Waals surface area (Å²) >= 11 is 0. The van der Waals surface area contributed by atoms with Crippen LogP contribution in [0, 0.1) is 6.57 Å². The molecule has 2 heteroatoms. The molecule has 72 valence electrons. The average Bonchev–Trinajstić information content (AvgIpc) is 2.30. The summed E-state index contributed by atoms with van der Waals surface area (Å²) in [5.74, 6) is 0.691. The molecule has 1 heterocycles. The second kappa shape index (κ2) is 4.26. The molecule has 0 bridgehead atoms. The van der Waals surface area contributed by atoms with Crippen molar-refractivity contribution in [1.82, 2.24) is 5.32 Å². The first kappa shape index (κ1) is 9.23. The summed E-state index contributed by atoms with van der Waals surface area (Å²) in [7, 11) is 0. The van der Waals surface area contributed by atoms with Gasteiger partial charge in [0, 0.05) is 0 Å². The first-order chi connectivity index (χ1) is 6.90. The first-order valence-electron chi connectivity index (χ1n) is 5.08. The zero-order valence-electron chi connectivity index (χ0n) is 8.16. The lowest BCUT2D eigenvalue weighted by Gasteiger charge is -2.22. The fourth-order valence-electron chi connectivity index (χ4n) is 1.98. The molecule has 0 aromatic heterocycles. The van der Waals surface area contributed by atoms with Crippen molar-refractivity contribution in [1.29, 1.82) is 0 Å². The molecule has 0 unspecified atom stereocenters. The van der Waals surface area contributed by atoms with Gasteiger partial charge in [-0.15, -0.1) is 0 Å². The molecule has 14 heavy (non-hydrogen) atoms. The Hall–Kier alpha value is -1.33. The highest BCUT2D eigenvalue weighted by Crippen LogP contribution is 2.26. The Morgan fingerprint density at radius 2 is 1.79 bits per heavy atom. The van der Waals surface area contributed by atoms with Crippen molar-refractivity contribution in [3.05, 3.63) is 41.2 Å². The predicted molar refractivity (Wildman–Crippen MR) is 57.5 cm³/mol. The molecule has 0 atom stereocenters. The summed E-state index contributed by atoms with van der Waals surface area (Å²) in [4.78, 5) is 3.39. The molecule has 1 aromatic rings. The van der Waals surface area contributed by atoms with Gasteiger partial charge in [0.05, 0.1) is 6.57 Å². The zero-order valence-corrected chi connectivity index (χ0v) is 8.16. The van der Waals surface area contributed by atoms with Crippen LogP contribution in [0.25, 0.3) is 4.85 Å². The summed E-state index contributed by atoms with van der Waals surface area (Å²) < 4.78 is 0. The monoisotopic (exact) mass is 186 g/mol. The number of piperidine rings is 1. The van der Waals surface area contributed by atoms with Crippen molar-refractivity contribution in [3.8, 4) is 0 Å². The molecule has 1 aromatic carbocycles. The van der Waals surface area contributed by atoms with Crippen LogP contribution in [-0.2, 0) is 0 Å². The number of rotatable bonds is 1. The Bertz CT molecular complexity index is 328. The van der Waals surface area contributed by atoms with Gasteiger partial charge >= 0.3 is 0 Å². The topological polar surface area (TPSA) is 16.4 Å². The minimum atomic E-state index is 0.691. The van der Waals surface area contributed by atoms with Crippen LogP contribution in [-0.4, -0.2) is 13.1 Å². The molecule has 1 saturated heterocycles. The lowest BCUT2D eigenvalue weighted by atomic mass is 9.90. The van der Waals surface area contributed by atoms with E-state index in [4.69, 9.17) is 6.57 Å². The van der Waals surface area contributed by atoms with Gasteiger partial charge in [-0.1, -0.05) is 24.3 Å². The van der Waals surface area contributed by atoms with Crippen molar-refractivity contribution in [2.45, 2.75) is 18.8 Å². The first-order valence-corrected chi connectivity index (χ1v) is 5.08. The number of nitrogens with zero attached hydrogens (tertiary/aromatic N) is 1. The van der Waals surface area contributed by atoms with E-state index >= 15 is 0 Å². The Morgan fingerprint density at radius 3 is 2.36 bits per heavy atom. The summed E-state index contributed by atoms with van der Waals surface area (Å²) in [5, 5.41) is 3.36. The number of hydrogen-bond donors (Lipinski definition) is 1. The minimum Gasteiger partial charge on any atom is -0.317 e. The van der Waals surface area contributed by atoms with E-state index < -0.39 is 0 Å². The third-order valence-corrected chi connectivity index (χ3v) is 2.83. The van der Waals surface area contributed by atoms with Crippen LogP contribution in [0.1, 0.15) is 24.3 Å². The van der Waals surface area contributed by atoms with Gasteiger partial charge in [0.1, 0.15) is 0 Å². The van der Waals surface area contributed by atoms with Crippen LogP contribution in [0.3, 0.4) is 0 Å². The summed E-state index contributed by atoms with van der Waals surface area (Å²) in [6.07, 6.45) is 2.44. The molecule has 2 nitrogen and oxygen atoms in total. The van der Waals surface area contributed by atoms with Gasteiger partial charge in [0.2, 0.25) is 0 Å². The molecule has 0 spiro atoms. The van der Waals surface area contributed by atoms with Gasteiger partial charge in [-0.25, -0.2) is 4.85 Å². The van der Waals surface area contributed by atoms with Crippen molar-refractivity contribution in [3.63, 3.8) is 0 Å². The van der Waals surface area contributed by atoms with Gasteiger partial charge in [0.25, 0.3) is 0 Å². The highest BCUT2D eigenvalue weighted by molar-refractivity contribution is 5.45. The van der Waals surface area contributed by atoms with Crippen LogP contribution in [0.4, 0.5) is 5.69 Å². The van der Waals surface area contributed by atoms with Crippen molar-refractivity contribution >= 4 is 5.69 Å². The van der Waals surface area contributed by atoms with E-state index in [0.717, 1.165) is 18.8 Å². The molecule has 1 fully saturated rings. The molecule has 0 radical (unpaired) electrons. The highest BCUT2D eigenvalue weighted by Gasteiger charge is 2.14. The van der Waals surface area contributed by atoms with E-state index in [1.54, 1.807) is 0 Å². The van der Waals surface area contributed by atoms with Gasteiger partial charge < -0.3 is 5.32 Å². The summed E-state index contributed by atoms with van der Waals surface area (Å²) in [6.45, 7) is 9.11. The quantitative estimate of drug-likeness (QED) is 0.667. The highest BCUT2D eigenvalue weighted by atomic mass is 14.9. The molecular formula is C12H14N2. The predicted octanol–water partition coefficient (Wildman–Crippen LogP) is 2.70. The van der Waals surface area contributed by atoms with E-state index in [9.17, 15) is 0 Å². The fourth-order valence-corrected chi connectivity index (χ4v) is 1.98. The maximum Gasteiger partial charge on any atom is 0.187 e. The van der Waals surface area contributed by atoms with Crippen LogP contribution in [0.2, 0.25) is 0 Å². The molecule has 0 amide bonds. The average molecular weight is 186 g/mol. The van der Waals surface area contributed by atoms with Gasteiger partial charge in [-0.05, 0) is 37.4 Å². The molecule has 1 N–H and O–H groups in total. The number of benzene rings is 1. The van der Waals surface area contributed by atoms with E-state index in [2.05, 4.69) is 22.3 Å². The second-order valence-corrected chi connectivity index (χ2v) is 3.73. The van der Waals surface area contributed by atoms with Gasteiger partial charge in [-0.3, -0.25) is 0 Å².